The molecule has 3 aromatic carbocycles. The lowest BCUT2D eigenvalue weighted by molar-refractivity contribution is -0.130. The van der Waals surface area contributed by atoms with Crippen molar-refractivity contribution in [3.63, 3.8) is 0 Å². The molecular weight excluding hydrogens is 466 g/mol. The fraction of sp³-hybridized carbons (Fsp3) is 0.222. The van der Waals surface area contributed by atoms with Gasteiger partial charge in [-0.2, -0.15) is 0 Å². The molecule has 1 unspecified atom stereocenters. The largest absolute Gasteiger partial charge is 0.502 e. The number of aliphatic hydroxyl groups is 1. The summed E-state index contributed by atoms with van der Waals surface area (Å²) in [6.45, 7) is 4.30. The highest BCUT2D eigenvalue weighted by atomic mass is 32.2. The Morgan fingerprint density at radius 1 is 0.914 bits per heavy atom. The molecule has 182 valence electrons. The first kappa shape index (κ1) is 24.3. The first-order chi connectivity index (χ1) is 16.8. The van der Waals surface area contributed by atoms with E-state index in [1.165, 1.54) is 17.0 Å². The van der Waals surface area contributed by atoms with E-state index in [0.29, 0.717) is 23.7 Å². The van der Waals surface area contributed by atoms with Gasteiger partial charge < -0.3 is 19.5 Å². The van der Waals surface area contributed by atoms with Crippen molar-refractivity contribution in [1.82, 2.24) is 4.90 Å². The summed E-state index contributed by atoms with van der Waals surface area (Å²) in [5.41, 5.74) is 2.20. The van der Waals surface area contributed by atoms with Gasteiger partial charge in [0, 0.05) is 6.54 Å². The molecule has 0 bridgehead atoms. The number of aliphatic hydroxyl groups excluding tert-OH is 1. The maximum absolute atomic E-state index is 13.7. The number of benzene rings is 3. The summed E-state index contributed by atoms with van der Waals surface area (Å²) in [5, 5.41) is 10.9. The topological polar surface area (TPSA) is 93.1 Å². The molecule has 0 saturated carbocycles. The molecule has 1 aliphatic rings. The van der Waals surface area contributed by atoms with Crippen LogP contribution in [-0.2, 0) is 21.2 Å². The quantitative estimate of drug-likeness (QED) is 0.488. The minimum atomic E-state index is -4.18. The number of hydrogen-bond donors (Lipinski definition) is 1. The molecule has 1 heterocycles. The van der Waals surface area contributed by atoms with Crippen LogP contribution in [0.2, 0.25) is 0 Å². The molecule has 0 fully saturated rings. The number of sulfone groups is 1. The van der Waals surface area contributed by atoms with E-state index in [4.69, 9.17) is 9.47 Å². The normalized spacial score (nSPS) is 16.0. The van der Waals surface area contributed by atoms with Crippen molar-refractivity contribution in [1.29, 1.82) is 0 Å². The van der Waals surface area contributed by atoms with Crippen molar-refractivity contribution in [2.24, 2.45) is 0 Å². The van der Waals surface area contributed by atoms with E-state index >= 15 is 0 Å². The zero-order valence-electron chi connectivity index (χ0n) is 19.8. The first-order valence-electron chi connectivity index (χ1n) is 11.2. The lowest BCUT2D eigenvalue weighted by atomic mass is 10.1. The second kappa shape index (κ2) is 9.84. The van der Waals surface area contributed by atoms with Crippen LogP contribution < -0.4 is 9.47 Å². The van der Waals surface area contributed by atoms with E-state index in [9.17, 15) is 18.3 Å². The fourth-order valence-corrected chi connectivity index (χ4v) is 5.73. The first-order valence-corrected chi connectivity index (χ1v) is 12.7. The monoisotopic (exact) mass is 493 g/mol. The molecule has 0 aliphatic carbocycles. The Hall–Kier alpha value is -3.78. The van der Waals surface area contributed by atoms with Gasteiger partial charge in [0.25, 0.3) is 5.91 Å². The molecule has 1 amide bonds. The maximum Gasteiger partial charge on any atom is 0.290 e. The average molecular weight is 494 g/mol. The average Bonchev–Trinajstić information content (AvgIpc) is 3.11. The van der Waals surface area contributed by atoms with E-state index in [1.54, 1.807) is 67.8 Å². The molecule has 0 saturated heterocycles. The predicted octanol–water partition coefficient (Wildman–Crippen LogP) is 4.73. The second-order valence-corrected chi connectivity index (χ2v) is 10.1. The van der Waals surface area contributed by atoms with E-state index in [0.717, 1.165) is 11.1 Å². The Balaban J connectivity index is 1.81. The van der Waals surface area contributed by atoms with E-state index in [2.05, 4.69) is 0 Å². The molecule has 1 N–H and O–H groups in total. The minimum absolute atomic E-state index is 0.0136. The molecule has 1 atom stereocenters. The van der Waals surface area contributed by atoms with Gasteiger partial charge in [-0.25, -0.2) is 8.42 Å². The van der Waals surface area contributed by atoms with Gasteiger partial charge in [-0.1, -0.05) is 42.0 Å². The summed E-state index contributed by atoms with van der Waals surface area (Å²) in [6, 6.07) is 19.3. The second-order valence-electron chi connectivity index (χ2n) is 8.22. The smallest absolute Gasteiger partial charge is 0.290 e. The Morgan fingerprint density at radius 2 is 1.51 bits per heavy atom. The predicted molar refractivity (Wildman–Crippen MR) is 132 cm³/mol. The van der Waals surface area contributed by atoms with Crippen molar-refractivity contribution in [3.8, 4) is 11.5 Å². The highest BCUT2D eigenvalue weighted by molar-refractivity contribution is 7.95. The Morgan fingerprint density at radius 3 is 2.09 bits per heavy atom. The molecule has 1 aliphatic heterocycles. The SMILES string of the molecule is CCOc1ccc(C2C(S(=O)(=O)c3ccc(C)cc3)=C(O)C(=O)N2Cc2ccc(OC)cc2)cc1. The van der Waals surface area contributed by atoms with Gasteiger partial charge in [0.15, 0.2) is 5.76 Å². The van der Waals surface area contributed by atoms with E-state index < -0.39 is 27.5 Å². The van der Waals surface area contributed by atoms with Crippen LogP contribution >= 0.6 is 0 Å². The lowest BCUT2D eigenvalue weighted by Crippen LogP contribution is -2.30. The van der Waals surface area contributed by atoms with Crippen molar-refractivity contribution in [2.45, 2.75) is 31.3 Å². The number of methoxy groups -OCH3 is 1. The highest BCUT2D eigenvalue weighted by Gasteiger charge is 2.46. The van der Waals surface area contributed by atoms with Crippen LogP contribution in [-0.4, -0.2) is 38.0 Å². The van der Waals surface area contributed by atoms with Crippen LogP contribution in [0.25, 0.3) is 0 Å². The van der Waals surface area contributed by atoms with E-state index in [-0.39, 0.29) is 16.3 Å². The third kappa shape index (κ3) is 4.74. The minimum Gasteiger partial charge on any atom is -0.502 e. The van der Waals surface area contributed by atoms with Gasteiger partial charge in [-0.15, -0.1) is 0 Å². The number of ether oxygens (including phenoxy) is 2. The van der Waals surface area contributed by atoms with E-state index in [1.807, 2.05) is 13.8 Å². The molecule has 8 heteroatoms. The Bertz CT molecular complexity index is 1340. The van der Waals surface area contributed by atoms with Crippen LogP contribution in [0.15, 0.2) is 88.4 Å². The van der Waals surface area contributed by atoms with Gasteiger partial charge in [0.1, 0.15) is 16.4 Å². The third-order valence-corrected chi connectivity index (χ3v) is 7.78. The van der Waals surface area contributed by atoms with Crippen molar-refractivity contribution < 1.29 is 27.8 Å². The van der Waals surface area contributed by atoms with Gasteiger partial charge in [-0.3, -0.25) is 4.79 Å². The van der Waals surface area contributed by atoms with Gasteiger partial charge in [-0.05, 0) is 61.4 Å². The number of carbonyl (C=O) groups is 1. The van der Waals surface area contributed by atoms with Crippen LogP contribution in [0, 0.1) is 6.92 Å². The summed E-state index contributed by atoms with van der Waals surface area (Å²) in [6.07, 6.45) is 0. The number of carbonyl (C=O) groups excluding carboxylic acids is 1. The van der Waals surface area contributed by atoms with Crippen LogP contribution in [0.5, 0.6) is 11.5 Å². The molecule has 0 aromatic heterocycles. The summed E-state index contributed by atoms with van der Waals surface area (Å²) < 4.78 is 38.1. The Kier molecular flexibility index (Phi) is 6.84. The number of rotatable bonds is 8. The van der Waals surface area contributed by atoms with Crippen molar-refractivity contribution in [3.05, 3.63) is 100 Å². The molecule has 7 nitrogen and oxygen atoms in total. The number of aryl methyl sites for hydroxylation is 1. The standard InChI is InChI=1S/C27H27NO6S/c1-4-34-22-13-9-20(10-14-22)24-26(35(31,32)23-15-5-18(2)6-16-23)25(29)27(30)28(24)17-19-7-11-21(33-3)12-8-19/h5-16,24,29H,4,17H2,1-3H3. The molecular formula is C27H27NO6S. The molecule has 4 rings (SSSR count). The maximum atomic E-state index is 13.7. The lowest BCUT2D eigenvalue weighted by Gasteiger charge is -2.27. The summed E-state index contributed by atoms with van der Waals surface area (Å²) >= 11 is 0. The third-order valence-electron chi connectivity index (χ3n) is 5.90. The molecule has 3 aromatic rings. The zero-order chi connectivity index (χ0) is 25.2. The van der Waals surface area contributed by atoms with Gasteiger partial charge in [0.2, 0.25) is 9.84 Å². The summed E-state index contributed by atoms with van der Waals surface area (Å²) in [4.78, 5) is 14.3. The van der Waals surface area contributed by atoms with Crippen molar-refractivity contribution in [2.75, 3.05) is 13.7 Å². The number of amides is 1. The fourth-order valence-electron chi connectivity index (χ4n) is 4.08. The van der Waals surface area contributed by atoms with Crippen molar-refractivity contribution >= 4 is 15.7 Å². The highest BCUT2D eigenvalue weighted by Crippen LogP contribution is 2.43. The van der Waals surface area contributed by atoms with Crippen LogP contribution in [0.1, 0.15) is 29.7 Å². The van der Waals surface area contributed by atoms with Gasteiger partial charge >= 0.3 is 0 Å². The number of nitrogens with zero attached hydrogens (tertiary/aromatic N) is 1. The Labute approximate surface area is 205 Å². The summed E-state index contributed by atoms with van der Waals surface area (Å²) in [7, 11) is -2.61. The van der Waals surface area contributed by atoms with Gasteiger partial charge in [0.05, 0.1) is 24.7 Å². The molecule has 35 heavy (non-hydrogen) atoms. The van der Waals surface area contributed by atoms with Crippen LogP contribution in [0.4, 0.5) is 0 Å². The molecule has 0 radical (unpaired) electrons. The van der Waals surface area contributed by atoms with Crippen LogP contribution in [0.3, 0.4) is 0 Å². The zero-order valence-corrected chi connectivity index (χ0v) is 20.6. The molecule has 0 spiro atoms. The number of hydrogen-bond acceptors (Lipinski definition) is 6. The summed E-state index contributed by atoms with van der Waals surface area (Å²) in [5.74, 6) is -0.227.